The molecule has 0 atom stereocenters. The molecule has 0 bridgehead atoms. The largest absolute Gasteiger partial charge is 0.348 e. The normalized spacial score (nSPS) is 11.2. The van der Waals surface area contributed by atoms with Crippen LogP contribution in [0.3, 0.4) is 0 Å². The molecule has 0 saturated heterocycles. The first kappa shape index (κ1) is 21.8. The van der Waals surface area contributed by atoms with Gasteiger partial charge >= 0.3 is 0 Å². The number of amides is 1. The molecule has 0 spiro atoms. The van der Waals surface area contributed by atoms with Crippen LogP contribution in [-0.2, 0) is 13.1 Å². The van der Waals surface area contributed by atoms with Gasteiger partial charge in [0.1, 0.15) is 5.69 Å². The first-order valence-electron chi connectivity index (χ1n) is 12.0. The summed E-state index contributed by atoms with van der Waals surface area (Å²) in [6.45, 7) is 3.27. The molecule has 6 rings (SSSR count). The van der Waals surface area contributed by atoms with E-state index in [1.54, 1.807) is 6.20 Å². The number of carbonyl (C=O) groups is 1. The van der Waals surface area contributed by atoms with Gasteiger partial charge in [-0.05, 0) is 48.4 Å². The van der Waals surface area contributed by atoms with E-state index in [0.717, 1.165) is 27.9 Å². The smallest absolute Gasteiger partial charge is 0.251 e. The number of aromatic nitrogens is 4. The molecule has 6 aromatic rings. The van der Waals surface area contributed by atoms with Crippen LogP contribution in [0.2, 0.25) is 0 Å². The Bertz CT molecular complexity index is 1660. The highest BCUT2D eigenvalue weighted by Crippen LogP contribution is 2.32. The minimum absolute atomic E-state index is 0.0700. The van der Waals surface area contributed by atoms with Crippen LogP contribution in [-0.4, -0.2) is 25.9 Å². The van der Waals surface area contributed by atoms with Gasteiger partial charge in [-0.3, -0.25) is 4.79 Å². The zero-order valence-electron chi connectivity index (χ0n) is 19.9. The zero-order chi connectivity index (χ0) is 24.5. The summed E-state index contributed by atoms with van der Waals surface area (Å²) in [6, 6.07) is 30.9. The van der Waals surface area contributed by atoms with Gasteiger partial charge in [-0.1, -0.05) is 66.2 Å². The summed E-state index contributed by atoms with van der Waals surface area (Å²) in [5.41, 5.74) is 8.26. The van der Waals surface area contributed by atoms with E-state index < -0.39 is 0 Å². The second kappa shape index (κ2) is 9.15. The Hall–Kier alpha value is -4.71. The molecule has 176 valence electrons. The Morgan fingerprint density at radius 3 is 2.39 bits per heavy atom. The van der Waals surface area contributed by atoms with Gasteiger partial charge in [0.15, 0.2) is 0 Å². The number of nitrogens with one attached hydrogen (secondary N) is 2. The number of nitrogens with zero attached hydrogens (tertiary/aromatic N) is 3. The summed E-state index contributed by atoms with van der Waals surface area (Å²) in [6.07, 6.45) is 1.73. The van der Waals surface area contributed by atoms with Crippen molar-refractivity contribution in [2.24, 2.45) is 0 Å². The number of carbonyl (C=O) groups excluding carboxylic acids is 1. The molecular formula is C30H25N5O. The Labute approximate surface area is 208 Å². The van der Waals surface area contributed by atoms with Crippen LogP contribution < -0.4 is 5.32 Å². The Balaban J connectivity index is 1.25. The number of benzene rings is 4. The van der Waals surface area contributed by atoms with Gasteiger partial charge in [0.25, 0.3) is 5.91 Å². The number of rotatable bonds is 6. The SMILES string of the molecule is Cc1ccc(CNC(=O)c2ccc(Cn3c4ccccc4c4cc(-c5cn[nH]n5)ccc43)cc2)cc1. The van der Waals surface area contributed by atoms with Gasteiger partial charge in [0.2, 0.25) is 0 Å². The predicted octanol–water partition coefficient (Wildman–Crippen LogP) is 5.87. The Morgan fingerprint density at radius 2 is 1.61 bits per heavy atom. The summed E-state index contributed by atoms with van der Waals surface area (Å²) in [4.78, 5) is 12.7. The van der Waals surface area contributed by atoms with E-state index in [1.807, 2.05) is 36.4 Å². The van der Waals surface area contributed by atoms with Crippen molar-refractivity contribution in [2.45, 2.75) is 20.0 Å². The van der Waals surface area contributed by atoms with Crippen molar-refractivity contribution in [1.82, 2.24) is 25.3 Å². The molecular weight excluding hydrogens is 446 g/mol. The summed E-state index contributed by atoms with van der Waals surface area (Å²) in [7, 11) is 0. The third kappa shape index (κ3) is 4.14. The number of fused-ring (bicyclic) bond motifs is 3. The van der Waals surface area contributed by atoms with Crippen LogP contribution in [0.1, 0.15) is 27.0 Å². The van der Waals surface area contributed by atoms with Crippen LogP contribution in [0.15, 0.2) is 97.2 Å². The number of H-pyrrole nitrogens is 1. The number of aromatic amines is 1. The van der Waals surface area contributed by atoms with Gasteiger partial charge in [-0.2, -0.15) is 15.4 Å². The highest BCUT2D eigenvalue weighted by molar-refractivity contribution is 6.09. The van der Waals surface area contributed by atoms with E-state index in [2.05, 4.69) is 86.8 Å². The maximum atomic E-state index is 12.7. The molecule has 2 heterocycles. The maximum Gasteiger partial charge on any atom is 0.251 e. The molecule has 0 fully saturated rings. The summed E-state index contributed by atoms with van der Waals surface area (Å²) in [5, 5.41) is 16.2. The average Bonchev–Trinajstić information content (AvgIpc) is 3.56. The van der Waals surface area contributed by atoms with E-state index in [4.69, 9.17) is 0 Å². The van der Waals surface area contributed by atoms with Crippen LogP contribution in [0.4, 0.5) is 0 Å². The van der Waals surface area contributed by atoms with Gasteiger partial charge in [-0.25, -0.2) is 0 Å². The minimum Gasteiger partial charge on any atom is -0.348 e. The first-order valence-corrected chi connectivity index (χ1v) is 12.0. The van der Waals surface area contributed by atoms with E-state index in [-0.39, 0.29) is 5.91 Å². The topological polar surface area (TPSA) is 75.6 Å². The predicted molar refractivity (Wildman–Crippen MR) is 143 cm³/mol. The van der Waals surface area contributed by atoms with E-state index in [9.17, 15) is 4.79 Å². The van der Waals surface area contributed by atoms with Crippen LogP contribution in [0, 0.1) is 6.92 Å². The molecule has 0 radical (unpaired) electrons. The first-order chi connectivity index (χ1) is 17.7. The zero-order valence-corrected chi connectivity index (χ0v) is 19.9. The van der Waals surface area contributed by atoms with Crippen LogP contribution >= 0.6 is 0 Å². The molecule has 2 N–H and O–H groups in total. The quantitative estimate of drug-likeness (QED) is 0.319. The highest BCUT2D eigenvalue weighted by atomic mass is 16.1. The summed E-state index contributed by atoms with van der Waals surface area (Å²) >= 11 is 0. The molecule has 1 amide bonds. The van der Waals surface area contributed by atoms with Crippen molar-refractivity contribution in [3.8, 4) is 11.3 Å². The fourth-order valence-electron chi connectivity index (χ4n) is 4.66. The number of para-hydroxylation sites is 1. The molecule has 36 heavy (non-hydrogen) atoms. The monoisotopic (exact) mass is 471 g/mol. The van der Waals surface area contributed by atoms with Crippen molar-refractivity contribution in [1.29, 1.82) is 0 Å². The molecule has 2 aromatic heterocycles. The molecule has 0 aliphatic heterocycles. The molecule has 0 aliphatic rings. The molecule has 4 aromatic carbocycles. The second-order valence-corrected chi connectivity index (χ2v) is 9.06. The van der Waals surface area contributed by atoms with E-state index in [1.165, 1.54) is 21.9 Å². The molecule has 0 saturated carbocycles. The average molecular weight is 472 g/mol. The maximum absolute atomic E-state index is 12.7. The van der Waals surface area contributed by atoms with Gasteiger partial charge in [-0.15, -0.1) is 0 Å². The van der Waals surface area contributed by atoms with Crippen LogP contribution in [0.25, 0.3) is 33.1 Å². The van der Waals surface area contributed by atoms with Crippen molar-refractivity contribution < 1.29 is 4.79 Å². The van der Waals surface area contributed by atoms with Gasteiger partial charge < -0.3 is 9.88 Å². The summed E-state index contributed by atoms with van der Waals surface area (Å²) < 4.78 is 2.32. The Kier molecular flexibility index (Phi) is 5.54. The minimum atomic E-state index is -0.0700. The lowest BCUT2D eigenvalue weighted by molar-refractivity contribution is 0.0951. The summed E-state index contributed by atoms with van der Waals surface area (Å²) in [5.74, 6) is -0.0700. The van der Waals surface area contributed by atoms with Gasteiger partial charge in [0.05, 0.1) is 6.20 Å². The van der Waals surface area contributed by atoms with Crippen molar-refractivity contribution in [3.05, 3.63) is 119 Å². The van der Waals surface area contributed by atoms with Crippen LogP contribution in [0.5, 0.6) is 0 Å². The fraction of sp³-hybridized carbons (Fsp3) is 0.100. The molecule has 0 aliphatic carbocycles. The third-order valence-corrected chi connectivity index (χ3v) is 6.61. The third-order valence-electron chi connectivity index (χ3n) is 6.61. The molecule has 0 unspecified atom stereocenters. The molecule has 6 heteroatoms. The molecule has 6 nitrogen and oxygen atoms in total. The fourth-order valence-corrected chi connectivity index (χ4v) is 4.66. The lowest BCUT2D eigenvalue weighted by Gasteiger charge is -2.10. The second-order valence-electron chi connectivity index (χ2n) is 9.06. The standard InChI is InChI=1S/C30H25N5O/c1-20-6-8-21(9-7-20)17-31-30(36)23-12-10-22(11-13-23)19-35-28-5-3-2-4-25(28)26-16-24(14-15-29(26)35)27-18-32-34-33-27/h2-16,18H,17,19H2,1H3,(H,31,36)(H,32,33,34). The van der Waals surface area contributed by atoms with Crippen molar-refractivity contribution in [2.75, 3.05) is 0 Å². The lowest BCUT2D eigenvalue weighted by atomic mass is 10.1. The highest BCUT2D eigenvalue weighted by Gasteiger charge is 2.13. The number of hydrogen-bond donors (Lipinski definition) is 2. The van der Waals surface area contributed by atoms with Gasteiger partial charge in [0, 0.05) is 46.0 Å². The Morgan fingerprint density at radius 1 is 0.861 bits per heavy atom. The number of hydrogen-bond acceptors (Lipinski definition) is 3. The van der Waals surface area contributed by atoms with E-state index >= 15 is 0 Å². The van der Waals surface area contributed by atoms with Crippen molar-refractivity contribution >= 4 is 27.7 Å². The lowest BCUT2D eigenvalue weighted by Crippen LogP contribution is -2.22. The number of aryl methyl sites for hydroxylation is 1. The van der Waals surface area contributed by atoms with Crippen molar-refractivity contribution in [3.63, 3.8) is 0 Å². The van der Waals surface area contributed by atoms with E-state index in [0.29, 0.717) is 18.7 Å².